The Morgan fingerprint density at radius 3 is 2.81 bits per heavy atom. The molecule has 0 unspecified atom stereocenters. The lowest BCUT2D eigenvalue weighted by atomic mass is 10.2. The minimum Gasteiger partial charge on any atom is -0.496 e. The molecule has 0 fully saturated rings. The summed E-state index contributed by atoms with van der Waals surface area (Å²) in [5, 5.41) is 2.67. The van der Waals surface area contributed by atoms with Crippen LogP contribution in [-0.4, -0.2) is 18.8 Å². The molecule has 0 aliphatic carbocycles. The highest BCUT2D eigenvalue weighted by Gasteiger charge is 2.08. The van der Waals surface area contributed by atoms with Crippen LogP contribution in [0, 0.1) is 5.82 Å². The summed E-state index contributed by atoms with van der Waals surface area (Å²) in [4.78, 5) is 12.8. The number of nitrogens with two attached hydrogens (primary N) is 1. The van der Waals surface area contributed by atoms with Crippen molar-refractivity contribution in [2.75, 3.05) is 23.9 Å². The van der Waals surface area contributed by atoms with E-state index < -0.39 is 5.82 Å². The standard InChI is InChI=1S/C15H15FN2O2S/c1-20-13-4-2-3-5-14(13)21-9-15(19)18-10-6-7-11(16)12(17)8-10/h2-8H,9,17H2,1H3,(H,18,19). The lowest BCUT2D eigenvalue weighted by molar-refractivity contribution is -0.113. The van der Waals surface area contributed by atoms with Crippen LogP contribution >= 0.6 is 11.8 Å². The topological polar surface area (TPSA) is 64.3 Å². The molecule has 6 heteroatoms. The van der Waals surface area contributed by atoms with Gasteiger partial charge in [-0.15, -0.1) is 11.8 Å². The molecule has 0 saturated heterocycles. The second-order valence-corrected chi connectivity index (χ2v) is 5.24. The lowest BCUT2D eigenvalue weighted by Gasteiger charge is -2.08. The highest BCUT2D eigenvalue weighted by Crippen LogP contribution is 2.28. The molecular formula is C15H15FN2O2S. The van der Waals surface area contributed by atoms with Gasteiger partial charge in [0.15, 0.2) is 0 Å². The minimum absolute atomic E-state index is 0.00480. The average Bonchev–Trinajstić information content (AvgIpc) is 2.49. The second kappa shape index (κ2) is 6.99. The van der Waals surface area contributed by atoms with Crippen LogP contribution in [0.5, 0.6) is 5.75 Å². The number of anilines is 2. The quantitative estimate of drug-likeness (QED) is 0.658. The molecule has 0 bridgehead atoms. The summed E-state index contributed by atoms with van der Waals surface area (Å²) in [6.07, 6.45) is 0. The van der Waals surface area contributed by atoms with Crippen molar-refractivity contribution in [1.29, 1.82) is 0 Å². The maximum absolute atomic E-state index is 13.0. The van der Waals surface area contributed by atoms with Gasteiger partial charge in [-0.2, -0.15) is 0 Å². The molecule has 0 aliphatic heterocycles. The molecule has 1 amide bonds. The van der Waals surface area contributed by atoms with Crippen LogP contribution < -0.4 is 15.8 Å². The fourth-order valence-electron chi connectivity index (χ4n) is 1.70. The normalized spacial score (nSPS) is 10.2. The summed E-state index contributed by atoms with van der Waals surface area (Å²) in [5.74, 6) is 0.243. The number of hydrogen-bond donors (Lipinski definition) is 2. The summed E-state index contributed by atoms with van der Waals surface area (Å²) in [6.45, 7) is 0. The van der Waals surface area contributed by atoms with Gasteiger partial charge >= 0.3 is 0 Å². The Morgan fingerprint density at radius 1 is 1.33 bits per heavy atom. The third kappa shape index (κ3) is 4.13. The maximum atomic E-state index is 13.0. The summed E-state index contributed by atoms with van der Waals surface area (Å²) in [7, 11) is 1.58. The Labute approximate surface area is 126 Å². The summed E-state index contributed by atoms with van der Waals surface area (Å²) in [5.41, 5.74) is 5.93. The van der Waals surface area contributed by atoms with Gasteiger partial charge in [-0.05, 0) is 30.3 Å². The third-order valence-corrected chi connectivity index (χ3v) is 3.76. The zero-order valence-electron chi connectivity index (χ0n) is 11.4. The molecular weight excluding hydrogens is 291 g/mol. The van der Waals surface area contributed by atoms with Crippen molar-refractivity contribution in [2.24, 2.45) is 0 Å². The molecule has 21 heavy (non-hydrogen) atoms. The molecule has 0 spiro atoms. The van der Waals surface area contributed by atoms with Crippen molar-refractivity contribution in [3.63, 3.8) is 0 Å². The minimum atomic E-state index is -0.503. The maximum Gasteiger partial charge on any atom is 0.234 e. The first-order valence-corrected chi connectivity index (χ1v) is 7.19. The fourth-order valence-corrected chi connectivity index (χ4v) is 2.53. The molecule has 0 saturated carbocycles. The number of amides is 1. The van der Waals surface area contributed by atoms with Crippen LogP contribution in [0.25, 0.3) is 0 Å². The first kappa shape index (κ1) is 15.2. The third-order valence-electron chi connectivity index (χ3n) is 2.71. The van der Waals surface area contributed by atoms with Gasteiger partial charge in [0.2, 0.25) is 5.91 Å². The molecule has 0 radical (unpaired) electrons. The molecule has 0 aromatic heterocycles. The van der Waals surface area contributed by atoms with Gasteiger partial charge in [-0.1, -0.05) is 12.1 Å². The van der Waals surface area contributed by atoms with Gasteiger partial charge in [0.25, 0.3) is 0 Å². The first-order chi connectivity index (χ1) is 10.1. The molecule has 0 heterocycles. The number of ether oxygens (including phenoxy) is 1. The van der Waals surface area contributed by atoms with Crippen molar-refractivity contribution in [1.82, 2.24) is 0 Å². The molecule has 2 rings (SSSR count). The van der Waals surface area contributed by atoms with E-state index in [1.165, 1.54) is 30.0 Å². The average molecular weight is 306 g/mol. The van der Waals surface area contributed by atoms with Gasteiger partial charge in [-0.25, -0.2) is 4.39 Å². The van der Waals surface area contributed by atoms with Gasteiger partial charge < -0.3 is 15.8 Å². The van der Waals surface area contributed by atoms with E-state index in [-0.39, 0.29) is 17.3 Å². The highest BCUT2D eigenvalue weighted by molar-refractivity contribution is 8.00. The number of benzene rings is 2. The molecule has 2 aromatic rings. The fraction of sp³-hybridized carbons (Fsp3) is 0.133. The molecule has 0 atom stereocenters. The van der Waals surface area contributed by atoms with Crippen LogP contribution in [0.4, 0.5) is 15.8 Å². The van der Waals surface area contributed by atoms with Gasteiger partial charge in [-0.3, -0.25) is 4.79 Å². The molecule has 3 N–H and O–H groups in total. The van der Waals surface area contributed by atoms with E-state index in [0.717, 1.165) is 10.6 Å². The smallest absolute Gasteiger partial charge is 0.234 e. The lowest BCUT2D eigenvalue weighted by Crippen LogP contribution is -2.14. The van der Waals surface area contributed by atoms with Crippen LogP contribution in [0.15, 0.2) is 47.4 Å². The number of halogens is 1. The van der Waals surface area contributed by atoms with E-state index in [2.05, 4.69) is 5.32 Å². The zero-order chi connectivity index (χ0) is 15.2. The van der Waals surface area contributed by atoms with Gasteiger partial charge in [0, 0.05) is 10.6 Å². The summed E-state index contributed by atoms with van der Waals surface area (Å²) < 4.78 is 18.2. The van der Waals surface area contributed by atoms with Crippen LogP contribution in [0.2, 0.25) is 0 Å². The number of methoxy groups -OCH3 is 1. The molecule has 110 valence electrons. The van der Waals surface area contributed by atoms with Crippen molar-refractivity contribution in [2.45, 2.75) is 4.90 Å². The van der Waals surface area contributed by atoms with E-state index >= 15 is 0 Å². The number of nitrogens with one attached hydrogen (secondary N) is 1. The second-order valence-electron chi connectivity index (χ2n) is 4.22. The number of rotatable bonds is 5. The van der Waals surface area contributed by atoms with E-state index in [9.17, 15) is 9.18 Å². The van der Waals surface area contributed by atoms with Gasteiger partial charge in [0.1, 0.15) is 11.6 Å². The summed E-state index contributed by atoms with van der Waals surface area (Å²) in [6, 6.07) is 11.5. The van der Waals surface area contributed by atoms with Crippen molar-refractivity contribution >= 4 is 29.0 Å². The number of carbonyl (C=O) groups excluding carboxylic acids is 1. The Morgan fingerprint density at radius 2 is 2.10 bits per heavy atom. The Hall–Kier alpha value is -2.21. The Kier molecular flexibility index (Phi) is 5.05. The highest BCUT2D eigenvalue weighted by atomic mass is 32.2. The number of para-hydroxylation sites is 1. The van der Waals surface area contributed by atoms with E-state index in [1.807, 2.05) is 24.3 Å². The van der Waals surface area contributed by atoms with Crippen LogP contribution in [-0.2, 0) is 4.79 Å². The number of thioether (sulfide) groups is 1. The molecule has 4 nitrogen and oxygen atoms in total. The van der Waals surface area contributed by atoms with Crippen molar-refractivity contribution < 1.29 is 13.9 Å². The first-order valence-electron chi connectivity index (χ1n) is 6.21. The van der Waals surface area contributed by atoms with Gasteiger partial charge in [0.05, 0.1) is 18.6 Å². The Bertz CT molecular complexity index is 649. The number of carbonyl (C=O) groups is 1. The van der Waals surface area contributed by atoms with Crippen molar-refractivity contribution in [3.8, 4) is 5.75 Å². The predicted molar refractivity (Wildman–Crippen MR) is 83.2 cm³/mol. The monoisotopic (exact) mass is 306 g/mol. The van der Waals surface area contributed by atoms with E-state index in [0.29, 0.717) is 5.69 Å². The van der Waals surface area contributed by atoms with Crippen LogP contribution in [0.3, 0.4) is 0 Å². The van der Waals surface area contributed by atoms with E-state index in [1.54, 1.807) is 7.11 Å². The summed E-state index contributed by atoms with van der Waals surface area (Å²) >= 11 is 1.36. The number of nitrogen functional groups attached to an aromatic ring is 1. The largest absolute Gasteiger partial charge is 0.496 e. The van der Waals surface area contributed by atoms with Crippen LogP contribution in [0.1, 0.15) is 0 Å². The number of hydrogen-bond acceptors (Lipinski definition) is 4. The predicted octanol–water partition coefficient (Wildman–Crippen LogP) is 3.15. The Balaban J connectivity index is 1.94. The van der Waals surface area contributed by atoms with Crippen molar-refractivity contribution in [3.05, 3.63) is 48.3 Å². The molecule has 2 aromatic carbocycles. The van der Waals surface area contributed by atoms with E-state index in [4.69, 9.17) is 10.5 Å². The zero-order valence-corrected chi connectivity index (χ0v) is 12.2. The SMILES string of the molecule is COc1ccccc1SCC(=O)Nc1ccc(F)c(N)c1. The molecule has 0 aliphatic rings.